The minimum absolute atomic E-state index is 0.0277. The Bertz CT molecular complexity index is 564. The lowest BCUT2D eigenvalue weighted by Crippen LogP contribution is -2.36. The van der Waals surface area contributed by atoms with E-state index in [1.165, 1.54) is 16.9 Å². The summed E-state index contributed by atoms with van der Waals surface area (Å²) in [5.41, 5.74) is 5.91. The van der Waals surface area contributed by atoms with Gasteiger partial charge in [0.2, 0.25) is 5.95 Å². The van der Waals surface area contributed by atoms with Crippen molar-refractivity contribution in [2.45, 2.75) is 32.0 Å². The fourth-order valence-corrected chi connectivity index (χ4v) is 1.67. The predicted molar refractivity (Wildman–Crippen MR) is 63.6 cm³/mol. The van der Waals surface area contributed by atoms with Crippen molar-refractivity contribution < 1.29 is 13.2 Å². The van der Waals surface area contributed by atoms with Crippen LogP contribution < -0.4 is 11.1 Å². The van der Waals surface area contributed by atoms with Crippen LogP contribution in [0.1, 0.15) is 19.8 Å². The maximum Gasteiger partial charge on any atom is 0.408 e. The van der Waals surface area contributed by atoms with E-state index >= 15 is 0 Å². The Morgan fingerprint density at radius 2 is 2.21 bits per heavy atom. The third kappa shape index (κ3) is 2.85. The van der Waals surface area contributed by atoms with Crippen molar-refractivity contribution in [3.8, 4) is 0 Å². The number of aromatic nitrogens is 4. The van der Waals surface area contributed by atoms with Gasteiger partial charge in [0, 0.05) is 12.4 Å². The van der Waals surface area contributed by atoms with E-state index in [2.05, 4.69) is 20.4 Å². The normalized spacial score (nSPS) is 13.7. The number of nitrogens with two attached hydrogens (primary N) is 1. The lowest BCUT2D eigenvalue weighted by Gasteiger charge is -2.20. The number of fused-ring (bicyclic) bond motifs is 1. The minimum atomic E-state index is -4.36. The molecule has 0 radical (unpaired) electrons. The van der Waals surface area contributed by atoms with E-state index in [1.807, 2.05) is 0 Å². The predicted octanol–water partition coefficient (Wildman–Crippen LogP) is 1.85. The van der Waals surface area contributed by atoms with Crippen LogP contribution in [-0.4, -0.2) is 31.8 Å². The summed E-state index contributed by atoms with van der Waals surface area (Å²) in [4.78, 5) is 7.67. The summed E-state index contributed by atoms with van der Waals surface area (Å²) in [5.74, 6) is -0.140. The van der Waals surface area contributed by atoms with Crippen LogP contribution >= 0.6 is 0 Å². The van der Waals surface area contributed by atoms with Gasteiger partial charge >= 0.3 is 6.18 Å². The van der Waals surface area contributed by atoms with Gasteiger partial charge in [-0.05, 0) is 6.42 Å². The monoisotopic (exact) mass is 274 g/mol. The summed E-state index contributed by atoms with van der Waals surface area (Å²) in [6, 6.07) is -1.70. The maximum atomic E-state index is 12.8. The first-order valence-electron chi connectivity index (χ1n) is 5.72. The van der Waals surface area contributed by atoms with Crippen molar-refractivity contribution in [3.05, 3.63) is 12.4 Å². The zero-order chi connectivity index (χ0) is 14.0. The molecule has 2 heterocycles. The highest BCUT2D eigenvalue weighted by atomic mass is 19.4. The van der Waals surface area contributed by atoms with E-state index in [9.17, 15) is 13.2 Å². The summed E-state index contributed by atoms with van der Waals surface area (Å²) >= 11 is 0. The van der Waals surface area contributed by atoms with Crippen LogP contribution in [0, 0.1) is 0 Å². The molecule has 9 heteroatoms. The van der Waals surface area contributed by atoms with E-state index in [1.54, 1.807) is 6.92 Å². The highest BCUT2D eigenvalue weighted by molar-refractivity contribution is 5.60. The molecule has 0 spiro atoms. The molecule has 0 aliphatic heterocycles. The molecular weight excluding hydrogens is 261 g/mol. The number of alkyl halides is 3. The Labute approximate surface area is 106 Å². The lowest BCUT2D eigenvalue weighted by molar-refractivity contribution is -0.143. The van der Waals surface area contributed by atoms with E-state index in [4.69, 9.17) is 5.73 Å². The van der Waals surface area contributed by atoms with E-state index in [-0.39, 0.29) is 18.2 Å². The van der Waals surface area contributed by atoms with Gasteiger partial charge in [-0.3, -0.25) is 0 Å². The van der Waals surface area contributed by atoms with Gasteiger partial charge in [0.15, 0.2) is 11.5 Å². The number of nitrogens with zero attached hydrogens (tertiary/aromatic N) is 4. The van der Waals surface area contributed by atoms with Crippen LogP contribution in [0.5, 0.6) is 0 Å². The lowest BCUT2D eigenvalue weighted by atomic mass is 10.1. The highest BCUT2D eigenvalue weighted by Gasteiger charge is 2.39. The van der Waals surface area contributed by atoms with Crippen molar-refractivity contribution >= 4 is 17.4 Å². The van der Waals surface area contributed by atoms with Crippen LogP contribution in [0.2, 0.25) is 0 Å². The van der Waals surface area contributed by atoms with E-state index in [0.29, 0.717) is 12.1 Å². The molecule has 2 rings (SSSR count). The van der Waals surface area contributed by atoms with Gasteiger partial charge in [0.25, 0.3) is 0 Å². The van der Waals surface area contributed by atoms with Crippen LogP contribution in [0.25, 0.3) is 5.65 Å². The van der Waals surface area contributed by atoms with Gasteiger partial charge in [-0.1, -0.05) is 13.3 Å². The largest absolute Gasteiger partial charge is 0.408 e. The molecule has 0 amide bonds. The molecule has 0 saturated heterocycles. The highest BCUT2D eigenvalue weighted by Crippen LogP contribution is 2.26. The third-order valence-electron chi connectivity index (χ3n) is 2.56. The van der Waals surface area contributed by atoms with Crippen LogP contribution in [0.4, 0.5) is 24.9 Å². The average molecular weight is 274 g/mol. The number of hydrogen-bond donors (Lipinski definition) is 2. The SMILES string of the molecule is CCCC(Nc1nc(N)c2nccn2n1)C(F)(F)F. The first-order valence-corrected chi connectivity index (χ1v) is 5.72. The summed E-state index contributed by atoms with van der Waals surface area (Å²) in [6.45, 7) is 1.68. The van der Waals surface area contributed by atoms with Crippen LogP contribution in [0.3, 0.4) is 0 Å². The number of hydrogen-bond acceptors (Lipinski definition) is 5. The third-order valence-corrected chi connectivity index (χ3v) is 2.56. The van der Waals surface area contributed by atoms with E-state index in [0.717, 1.165) is 0 Å². The van der Waals surface area contributed by atoms with Gasteiger partial charge in [0.05, 0.1) is 0 Å². The fraction of sp³-hybridized carbons (Fsp3) is 0.500. The maximum absolute atomic E-state index is 12.8. The second kappa shape index (κ2) is 4.90. The summed E-state index contributed by atoms with van der Waals surface area (Å²) in [5, 5.41) is 6.15. The molecule has 0 fully saturated rings. The van der Waals surface area contributed by atoms with Crippen LogP contribution in [0.15, 0.2) is 12.4 Å². The molecule has 3 N–H and O–H groups in total. The van der Waals surface area contributed by atoms with Gasteiger partial charge < -0.3 is 11.1 Å². The topological polar surface area (TPSA) is 81.1 Å². The fourth-order valence-electron chi connectivity index (χ4n) is 1.67. The number of nitrogens with one attached hydrogen (secondary N) is 1. The Morgan fingerprint density at radius 3 is 2.84 bits per heavy atom. The zero-order valence-corrected chi connectivity index (χ0v) is 10.1. The van der Waals surface area contributed by atoms with Gasteiger partial charge in [-0.15, -0.1) is 5.10 Å². The molecular formula is C10H13F3N6. The van der Waals surface area contributed by atoms with Crippen molar-refractivity contribution in [1.29, 1.82) is 0 Å². The first-order chi connectivity index (χ1) is 8.91. The van der Waals surface area contributed by atoms with Crippen molar-refractivity contribution in [2.24, 2.45) is 0 Å². The quantitative estimate of drug-likeness (QED) is 0.889. The molecule has 0 aliphatic carbocycles. The molecule has 19 heavy (non-hydrogen) atoms. The zero-order valence-electron chi connectivity index (χ0n) is 10.1. The number of imidazole rings is 1. The van der Waals surface area contributed by atoms with Gasteiger partial charge in [-0.2, -0.15) is 18.2 Å². The Kier molecular flexibility index (Phi) is 3.45. The second-order valence-corrected chi connectivity index (χ2v) is 4.04. The number of anilines is 2. The molecule has 0 saturated carbocycles. The molecule has 104 valence electrons. The first kappa shape index (κ1) is 13.4. The van der Waals surface area contributed by atoms with Crippen LogP contribution in [-0.2, 0) is 0 Å². The second-order valence-electron chi connectivity index (χ2n) is 4.04. The summed E-state index contributed by atoms with van der Waals surface area (Å²) < 4.78 is 39.6. The summed E-state index contributed by atoms with van der Waals surface area (Å²) in [7, 11) is 0. The number of rotatable bonds is 4. The minimum Gasteiger partial charge on any atom is -0.380 e. The van der Waals surface area contributed by atoms with Gasteiger partial charge in [-0.25, -0.2) is 9.50 Å². The number of halogens is 3. The number of nitrogen functional groups attached to an aromatic ring is 1. The molecule has 0 aliphatic rings. The smallest absolute Gasteiger partial charge is 0.380 e. The molecule has 0 aromatic carbocycles. The van der Waals surface area contributed by atoms with Crippen molar-refractivity contribution in [3.63, 3.8) is 0 Å². The van der Waals surface area contributed by atoms with Gasteiger partial charge in [0.1, 0.15) is 6.04 Å². The van der Waals surface area contributed by atoms with Crippen molar-refractivity contribution in [1.82, 2.24) is 19.6 Å². The Morgan fingerprint density at radius 1 is 1.47 bits per heavy atom. The Balaban J connectivity index is 2.28. The molecule has 0 bridgehead atoms. The summed E-state index contributed by atoms with van der Waals surface area (Å²) in [6.07, 6.45) is -1.11. The average Bonchev–Trinajstić information content (AvgIpc) is 2.76. The molecule has 6 nitrogen and oxygen atoms in total. The molecule has 2 aromatic rings. The van der Waals surface area contributed by atoms with Crippen molar-refractivity contribution in [2.75, 3.05) is 11.1 Å². The standard InChI is InChI=1S/C10H13F3N6/c1-2-3-6(10(11,12)13)16-9-17-7(14)8-15-4-5-19(8)18-9/h4-6H,2-3H2,1H3,(H3,14,16,17,18). The molecule has 2 aromatic heterocycles. The Hall–Kier alpha value is -2.06. The molecule has 1 unspecified atom stereocenters. The molecule has 1 atom stereocenters. The van der Waals surface area contributed by atoms with E-state index < -0.39 is 12.2 Å².